The normalized spacial score (nSPS) is 9.10. The molecule has 0 saturated carbocycles. The molecule has 0 atom stereocenters. The van der Waals surface area contributed by atoms with Crippen LogP contribution in [0, 0.1) is 11.3 Å². The summed E-state index contributed by atoms with van der Waals surface area (Å²) in [5.74, 6) is 0.770. The van der Waals surface area contributed by atoms with E-state index in [0.717, 1.165) is 10.9 Å². The molecule has 0 aromatic carbocycles. The SMILES string of the molecule is N#CCCSc1ncn[nH]1. The highest BCUT2D eigenvalue weighted by atomic mass is 32.2. The van der Waals surface area contributed by atoms with Gasteiger partial charge >= 0.3 is 0 Å². The maximum absolute atomic E-state index is 8.19. The first-order chi connectivity index (χ1) is 4.93. The van der Waals surface area contributed by atoms with Gasteiger partial charge in [-0.2, -0.15) is 10.4 Å². The number of aromatic nitrogens is 3. The number of nitrogens with one attached hydrogen (secondary N) is 1. The van der Waals surface area contributed by atoms with Crippen molar-refractivity contribution in [2.45, 2.75) is 11.6 Å². The third kappa shape index (κ3) is 2.07. The third-order valence-electron chi connectivity index (χ3n) is 0.846. The van der Waals surface area contributed by atoms with Crippen molar-refractivity contribution < 1.29 is 0 Å². The zero-order chi connectivity index (χ0) is 7.23. The lowest BCUT2D eigenvalue weighted by atomic mass is 10.6. The van der Waals surface area contributed by atoms with E-state index in [-0.39, 0.29) is 0 Å². The molecule has 10 heavy (non-hydrogen) atoms. The lowest BCUT2D eigenvalue weighted by Gasteiger charge is -1.87. The number of rotatable bonds is 3. The minimum Gasteiger partial charge on any atom is -0.254 e. The van der Waals surface area contributed by atoms with Crippen molar-refractivity contribution in [1.82, 2.24) is 15.2 Å². The van der Waals surface area contributed by atoms with E-state index >= 15 is 0 Å². The Kier molecular flexibility index (Phi) is 2.77. The van der Waals surface area contributed by atoms with Gasteiger partial charge in [0.1, 0.15) is 6.33 Å². The van der Waals surface area contributed by atoms with Gasteiger partial charge in [0.25, 0.3) is 0 Å². The summed E-state index contributed by atoms with van der Waals surface area (Å²) in [4.78, 5) is 3.87. The molecule has 0 aliphatic carbocycles. The van der Waals surface area contributed by atoms with Crippen molar-refractivity contribution >= 4 is 11.8 Å². The number of aromatic amines is 1. The van der Waals surface area contributed by atoms with Crippen LogP contribution in [0.2, 0.25) is 0 Å². The first-order valence-electron chi connectivity index (χ1n) is 2.78. The molecule has 0 bridgehead atoms. The number of H-pyrrole nitrogens is 1. The van der Waals surface area contributed by atoms with Crippen LogP contribution in [0.15, 0.2) is 11.5 Å². The molecule has 1 N–H and O–H groups in total. The van der Waals surface area contributed by atoms with Gasteiger partial charge in [0, 0.05) is 12.2 Å². The van der Waals surface area contributed by atoms with Gasteiger partial charge in [0.2, 0.25) is 0 Å². The average molecular weight is 154 g/mol. The highest BCUT2D eigenvalue weighted by Crippen LogP contribution is 2.10. The van der Waals surface area contributed by atoms with Gasteiger partial charge in [0.05, 0.1) is 6.07 Å². The number of thioether (sulfide) groups is 1. The summed E-state index contributed by atoms with van der Waals surface area (Å²) in [5, 5.41) is 15.3. The molecule has 4 nitrogen and oxygen atoms in total. The molecule has 1 aromatic heterocycles. The summed E-state index contributed by atoms with van der Waals surface area (Å²) in [6.45, 7) is 0. The van der Waals surface area contributed by atoms with E-state index in [4.69, 9.17) is 5.26 Å². The summed E-state index contributed by atoms with van der Waals surface area (Å²) in [5.41, 5.74) is 0. The van der Waals surface area contributed by atoms with Gasteiger partial charge < -0.3 is 0 Å². The third-order valence-corrected chi connectivity index (χ3v) is 1.72. The predicted octanol–water partition coefficient (Wildman–Crippen LogP) is 0.810. The van der Waals surface area contributed by atoms with Crippen LogP contribution >= 0.6 is 11.8 Å². The Morgan fingerprint density at radius 2 is 2.70 bits per heavy atom. The van der Waals surface area contributed by atoms with Crippen LogP contribution in [0.5, 0.6) is 0 Å². The maximum atomic E-state index is 8.19. The second-order valence-corrected chi connectivity index (χ2v) is 2.63. The monoisotopic (exact) mass is 154 g/mol. The maximum Gasteiger partial charge on any atom is 0.183 e. The standard InChI is InChI=1S/C5H6N4S/c6-2-1-3-10-5-7-4-8-9-5/h4H,1,3H2,(H,7,8,9). The molecular formula is C5H6N4S. The molecule has 1 heterocycles. The van der Waals surface area contributed by atoms with E-state index < -0.39 is 0 Å². The lowest BCUT2D eigenvalue weighted by Crippen LogP contribution is -1.78. The van der Waals surface area contributed by atoms with E-state index in [1.54, 1.807) is 0 Å². The van der Waals surface area contributed by atoms with Crippen LogP contribution in [0.4, 0.5) is 0 Å². The molecule has 0 radical (unpaired) electrons. The lowest BCUT2D eigenvalue weighted by molar-refractivity contribution is 0.972. The van der Waals surface area contributed by atoms with Gasteiger partial charge in [-0.05, 0) is 0 Å². The zero-order valence-corrected chi connectivity index (χ0v) is 6.06. The minimum absolute atomic E-state index is 0.547. The number of hydrogen-bond donors (Lipinski definition) is 1. The number of nitrogens with zero attached hydrogens (tertiary/aromatic N) is 3. The van der Waals surface area contributed by atoms with E-state index in [9.17, 15) is 0 Å². The molecule has 0 aliphatic heterocycles. The molecular weight excluding hydrogens is 148 g/mol. The topological polar surface area (TPSA) is 65.4 Å². The largest absolute Gasteiger partial charge is 0.254 e. The van der Waals surface area contributed by atoms with E-state index in [1.807, 2.05) is 6.07 Å². The number of hydrogen-bond acceptors (Lipinski definition) is 4. The second-order valence-electron chi connectivity index (χ2n) is 1.55. The van der Waals surface area contributed by atoms with Crippen molar-refractivity contribution in [3.8, 4) is 6.07 Å². The predicted molar refractivity (Wildman–Crippen MR) is 37.3 cm³/mol. The van der Waals surface area contributed by atoms with Crippen molar-refractivity contribution in [2.75, 3.05) is 5.75 Å². The molecule has 5 heteroatoms. The molecule has 52 valence electrons. The van der Waals surface area contributed by atoms with Crippen LogP contribution in [-0.2, 0) is 0 Å². The van der Waals surface area contributed by atoms with Gasteiger partial charge in [-0.25, -0.2) is 4.98 Å². The van der Waals surface area contributed by atoms with E-state index in [0.29, 0.717) is 6.42 Å². The second kappa shape index (κ2) is 3.90. The highest BCUT2D eigenvalue weighted by molar-refractivity contribution is 7.99. The fourth-order valence-electron chi connectivity index (χ4n) is 0.457. The van der Waals surface area contributed by atoms with E-state index in [1.165, 1.54) is 18.1 Å². The Labute approximate surface area is 62.7 Å². The summed E-state index contributed by atoms with van der Waals surface area (Å²) in [6, 6.07) is 2.05. The summed E-state index contributed by atoms with van der Waals surface area (Å²) < 4.78 is 0. The van der Waals surface area contributed by atoms with Crippen LogP contribution in [0.25, 0.3) is 0 Å². The van der Waals surface area contributed by atoms with Crippen LogP contribution in [0.1, 0.15) is 6.42 Å². The molecule has 1 rings (SSSR count). The molecule has 0 fully saturated rings. The molecule has 1 aromatic rings. The Morgan fingerprint density at radius 3 is 3.30 bits per heavy atom. The van der Waals surface area contributed by atoms with Gasteiger partial charge in [-0.3, -0.25) is 5.10 Å². The first-order valence-corrected chi connectivity index (χ1v) is 3.77. The highest BCUT2D eigenvalue weighted by Gasteiger charge is 1.93. The quantitative estimate of drug-likeness (QED) is 0.517. The summed E-state index contributed by atoms with van der Waals surface area (Å²) in [6.07, 6.45) is 2.00. The van der Waals surface area contributed by atoms with E-state index in [2.05, 4.69) is 15.2 Å². The van der Waals surface area contributed by atoms with Crippen molar-refractivity contribution in [3.05, 3.63) is 6.33 Å². The van der Waals surface area contributed by atoms with Gasteiger partial charge in [-0.15, -0.1) is 0 Å². The minimum atomic E-state index is 0.547. The van der Waals surface area contributed by atoms with Crippen molar-refractivity contribution in [2.24, 2.45) is 0 Å². The van der Waals surface area contributed by atoms with Crippen LogP contribution < -0.4 is 0 Å². The number of nitriles is 1. The van der Waals surface area contributed by atoms with Gasteiger partial charge in [0.15, 0.2) is 5.16 Å². The van der Waals surface area contributed by atoms with Gasteiger partial charge in [-0.1, -0.05) is 11.8 Å². The molecule has 0 amide bonds. The van der Waals surface area contributed by atoms with Crippen LogP contribution in [-0.4, -0.2) is 20.9 Å². The molecule has 0 unspecified atom stereocenters. The first kappa shape index (κ1) is 7.09. The van der Waals surface area contributed by atoms with Crippen LogP contribution in [0.3, 0.4) is 0 Å². The molecule has 0 aliphatic rings. The smallest absolute Gasteiger partial charge is 0.183 e. The van der Waals surface area contributed by atoms with Crippen molar-refractivity contribution in [1.29, 1.82) is 5.26 Å². The Balaban J connectivity index is 2.23. The summed E-state index contributed by atoms with van der Waals surface area (Å²) in [7, 11) is 0. The fraction of sp³-hybridized carbons (Fsp3) is 0.400. The Morgan fingerprint density at radius 1 is 1.80 bits per heavy atom. The Hall–Kier alpha value is -1.02. The zero-order valence-electron chi connectivity index (χ0n) is 5.24. The fourth-order valence-corrected chi connectivity index (χ4v) is 1.08. The molecule has 0 saturated heterocycles. The average Bonchev–Trinajstić information content (AvgIpc) is 2.41. The Bertz CT molecular complexity index is 212. The summed E-state index contributed by atoms with van der Waals surface area (Å²) >= 11 is 1.50. The molecule has 0 spiro atoms. The van der Waals surface area contributed by atoms with Crippen molar-refractivity contribution in [3.63, 3.8) is 0 Å².